The number of hydrogen-bond acceptors (Lipinski definition) is 6. The molecular weight excluding hydrogens is 374 g/mol. The van der Waals surface area contributed by atoms with Crippen LogP contribution < -0.4 is 5.32 Å². The molecule has 0 saturated carbocycles. The van der Waals surface area contributed by atoms with Crippen LogP contribution in [0.5, 0.6) is 0 Å². The minimum Gasteiger partial charge on any atom is -0.383 e. The summed E-state index contributed by atoms with van der Waals surface area (Å²) in [4.78, 5) is 27.1. The van der Waals surface area contributed by atoms with Crippen LogP contribution in [0, 0.1) is 12.8 Å². The molecule has 3 rings (SSSR count). The third kappa shape index (κ3) is 4.67. The van der Waals surface area contributed by atoms with Gasteiger partial charge >= 0.3 is 0 Å². The van der Waals surface area contributed by atoms with Crippen molar-refractivity contribution in [1.82, 2.24) is 25.2 Å². The molecule has 1 aliphatic rings. The van der Waals surface area contributed by atoms with Crippen LogP contribution in [-0.2, 0) is 16.1 Å². The van der Waals surface area contributed by atoms with Gasteiger partial charge in [0.15, 0.2) is 0 Å². The summed E-state index contributed by atoms with van der Waals surface area (Å²) in [6.45, 7) is 9.37. The molecule has 1 N–H and O–H groups in total. The lowest BCUT2D eigenvalue weighted by Gasteiger charge is -2.38. The van der Waals surface area contributed by atoms with Crippen molar-refractivity contribution in [1.29, 1.82) is 0 Å². The first kappa shape index (κ1) is 21.0. The molecule has 0 bridgehead atoms. The zero-order chi connectivity index (χ0) is 21.2. The normalized spacial score (nSPS) is 19.8. The fourth-order valence-corrected chi connectivity index (χ4v) is 3.82. The summed E-state index contributed by atoms with van der Waals surface area (Å²) in [6.07, 6.45) is 4.11. The van der Waals surface area contributed by atoms with Crippen molar-refractivity contribution in [2.24, 2.45) is 5.92 Å². The van der Waals surface area contributed by atoms with Crippen molar-refractivity contribution >= 4 is 11.8 Å². The number of rotatable bonds is 7. The number of carbonyl (C=O) groups is 2. The van der Waals surface area contributed by atoms with Crippen LogP contribution in [0.3, 0.4) is 0 Å². The van der Waals surface area contributed by atoms with Crippen molar-refractivity contribution in [3.8, 4) is 0 Å². The van der Waals surface area contributed by atoms with Gasteiger partial charge in [-0.3, -0.25) is 14.3 Å². The molecule has 158 valence electrons. The second kappa shape index (κ2) is 8.36. The van der Waals surface area contributed by atoms with Crippen molar-refractivity contribution < 1.29 is 18.8 Å². The molecule has 9 nitrogen and oxygen atoms in total. The van der Waals surface area contributed by atoms with Crippen LogP contribution in [0.2, 0.25) is 0 Å². The molecule has 2 aromatic heterocycles. The van der Waals surface area contributed by atoms with Crippen LogP contribution >= 0.6 is 0 Å². The van der Waals surface area contributed by atoms with E-state index >= 15 is 0 Å². The number of amides is 2. The summed E-state index contributed by atoms with van der Waals surface area (Å²) in [5.74, 6) is -0.165. The van der Waals surface area contributed by atoms with Gasteiger partial charge in [-0.25, -0.2) is 0 Å². The van der Waals surface area contributed by atoms with Crippen LogP contribution in [0.15, 0.2) is 23.0 Å². The quantitative estimate of drug-likeness (QED) is 0.758. The average Bonchev–Trinajstić information content (AvgIpc) is 3.35. The van der Waals surface area contributed by atoms with Gasteiger partial charge in [0.05, 0.1) is 31.1 Å². The summed E-state index contributed by atoms with van der Waals surface area (Å²) in [5, 5.41) is 11.0. The molecule has 0 aromatic carbocycles. The SMILES string of the molecule is COCCn1cc([C@H]2[C@H](CNC(=O)c3cc(C)no3)CC(=O)N2C(C)(C)C)cn1. The van der Waals surface area contributed by atoms with E-state index in [1.165, 1.54) is 0 Å². The van der Waals surface area contributed by atoms with Gasteiger partial charge in [-0.05, 0) is 27.7 Å². The van der Waals surface area contributed by atoms with E-state index in [-0.39, 0.29) is 35.1 Å². The second-order valence-electron chi connectivity index (χ2n) is 8.42. The fourth-order valence-electron chi connectivity index (χ4n) is 3.82. The molecule has 0 aliphatic carbocycles. The van der Waals surface area contributed by atoms with Crippen molar-refractivity contribution in [2.45, 2.75) is 52.2 Å². The molecule has 1 aliphatic heterocycles. The lowest BCUT2D eigenvalue weighted by molar-refractivity contribution is -0.133. The van der Waals surface area contributed by atoms with E-state index in [9.17, 15) is 9.59 Å². The monoisotopic (exact) mass is 403 g/mol. The standard InChI is InChI=1S/C20H29N5O4/c1-13-8-16(29-23-13)19(27)21-10-14-9-17(26)25(20(2,3)4)18(14)15-11-22-24(12-15)6-7-28-5/h8,11-12,14,18H,6-7,9-10H2,1-5H3,(H,21,27)/t14-,18+/m0/s1. The molecule has 1 saturated heterocycles. The summed E-state index contributed by atoms with van der Waals surface area (Å²) < 4.78 is 12.0. The highest BCUT2D eigenvalue weighted by Gasteiger charge is 2.46. The largest absolute Gasteiger partial charge is 0.383 e. The Hall–Kier alpha value is -2.68. The number of methoxy groups -OCH3 is 1. The van der Waals surface area contributed by atoms with Crippen LogP contribution in [-0.4, -0.2) is 57.5 Å². The van der Waals surface area contributed by atoms with Gasteiger partial charge in [0, 0.05) is 49.4 Å². The maximum absolute atomic E-state index is 12.8. The van der Waals surface area contributed by atoms with Gasteiger partial charge in [-0.1, -0.05) is 5.16 Å². The Bertz CT molecular complexity index is 866. The van der Waals surface area contributed by atoms with E-state index in [0.717, 1.165) is 5.56 Å². The number of aromatic nitrogens is 3. The first-order valence-corrected chi connectivity index (χ1v) is 9.75. The highest BCUT2D eigenvalue weighted by atomic mass is 16.5. The molecule has 0 radical (unpaired) electrons. The average molecular weight is 403 g/mol. The van der Waals surface area contributed by atoms with Crippen molar-refractivity contribution in [3.63, 3.8) is 0 Å². The van der Waals surface area contributed by atoms with Crippen LogP contribution in [0.4, 0.5) is 0 Å². The Morgan fingerprint density at radius 2 is 2.17 bits per heavy atom. The smallest absolute Gasteiger partial charge is 0.289 e. The van der Waals surface area contributed by atoms with E-state index in [1.807, 2.05) is 36.5 Å². The summed E-state index contributed by atoms with van der Waals surface area (Å²) in [5.41, 5.74) is 1.25. The third-order valence-corrected chi connectivity index (χ3v) is 5.05. The maximum Gasteiger partial charge on any atom is 0.289 e. The molecule has 1 fully saturated rings. The Kier molecular flexibility index (Phi) is 6.07. The van der Waals surface area contributed by atoms with Gasteiger partial charge in [0.25, 0.3) is 5.91 Å². The zero-order valence-corrected chi connectivity index (χ0v) is 17.6. The fraction of sp³-hybridized carbons (Fsp3) is 0.600. The third-order valence-electron chi connectivity index (χ3n) is 5.05. The van der Waals surface area contributed by atoms with E-state index in [2.05, 4.69) is 15.6 Å². The molecule has 9 heteroatoms. The number of nitrogens with zero attached hydrogens (tertiary/aromatic N) is 4. The summed E-state index contributed by atoms with van der Waals surface area (Å²) >= 11 is 0. The van der Waals surface area contributed by atoms with Gasteiger partial charge in [0.2, 0.25) is 11.7 Å². The molecule has 2 atom stereocenters. The first-order valence-electron chi connectivity index (χ1n) is 9.75. The number of ether oxygens (including phenoxy) is 1. The summed E-state index contributed by atoms with van der Waals surface area (Å²) in [6, 6.07) is 1.42. The Balaban J connectivity index is 1.79. The zero-order valence-electron chi connectivity index (χ0n) is 17.6. The number of nitrogens with one attached hydrogen (secondary N) is 1. The lowest BCUT2D eigenvalue weighted by Crippen LogP contribution is -2.44. The molecule has 3 heterocycles. The Morgan fingerprint density at radius 1 is 1.41 bits per heavy atom. The van der Waals surface area contributed by atoms with Gasteiger partial charge in [-0.2, -0.15) is 5.10 Å². The Morgan fingerprint density at radius 3 is 2.79 bits per heavy atom. The number of hydrogen-bond donors (Lipinski definition) is 1. The van der Waals surface area contributed by atoms with E-state index < -0.39 is 0 Å². The first-order chi connectivity index (χ1) is 13.7. The minimum atomic E-state index is -0.350. The van der Waals surface area contributed by atoms with E-state index in [0.29, 0.717) is 31.8 Å². The number of carbonyl (C=O) groups excluding carboxylic acids is 2. The Labute approximate surface area is 170 Å². The molecule has 2 aromatic rings. The van der Waals surface area contributed by atoms with Crippen LogP contribution in [0.25, 0.3) is 0 Å². The predicted octanol–water partition coefficient (Wildman–Crippen LogP) is 1.94. The molecule has 2 amide bonds. The van der Waals surface area contributed by atoms with E-state index in [4.69, 9.17) is 9.26 Å². The molecule has 29 heavy (non-hydrogen) atoms. The molecule has 0 unspecified atom stereocenters. The van der Waals surface area contributed by atoms with Gasteiger partial charge < -0.3 is 19.5 Å². The second-order valence-corrected chi connectivity index (χ2v) is 8.42. The highest BCUT2D eigenvalue weighted by molar-refractivity contribution is 5.91. The van der Waals surface area contributed by atoms with Crippen LogP contribution in [0.1, 0.15) is 55.0 Å². The highest BCUT2D eigenvalue weighted by Crippen LogP contribution is 2.42. The minimum absolute atomic E-state index is 0.0712. The van der Waals surface area contributed by atoms with Crippen molar-refractivity contribution in [3.05, 3.63) is 35.5 Å². The van der Waals surface area contributed by atoms with Gasteiger partial charge in [-0.15, -0.1) is 0 Å². The topological polar surface area (TPSA) is 102 Å². The predicted molar refractivity (Wildman–Crippen MR) is 105 cm³/mol. The van der Waals surface area contributed by atoms with Crippen molar-refractivity contribution in [2.75, 3.05) is 20.3 Å². The lowest BCUT2D eigenvalue weighted by atomic mass is 9.93. The summed E-state index contributed by atoms with van der Waals surface area (Å²) in [7, 11) is 1.65. The van der Waals surface area contributed by atoms with Gasteiger partial charge in [0.1, 0.15) is 0 Å². The maximum atomic E-state index is 12.8. The number of likely N-dealkylation sites (tertiary alicyclic amines) is 1. The molecule has 0 spiro atoms. The molecular formula is C20H29N5O4. The number of aryl methyl sites for hydroxylation is 1. The van der Waals surface area contributed by atoms with E-state index in [1.54, 1.807) is 26.3 Å².